The van der Waals surface area contributed by atoms with E-state index < -0.39 is 0 Å². The van der Waals surface area contributed by atoms with E-state index in [2.05, 4.69) is 41.3 Å². The van der Waals surface area contributed by atoms with E-state index in [1.54, 1.807) is 0 Å². The minimum Gasteiger partial charge on any atom is -0.361 e. The lowest BCUT2D eigenvalue weighted by Crippen LogP contribution is -2.31. The van der Waals surface area contributed by atoms with Crippen molar-refractivity contribution in [1.29, 1.82) is 0 Å². The average Bonchev–Trinajstić information content (AvgIpc) is 3.16. The van der Waals surface area contributed by atoms with Crippen LogP contribution in [-0.2, 0) is 0 Å². The molecule has 1 aliphatic heterocycles. The van der Waals surface area contributed by atoms with E-state index in [1.165, 1.54) is 0 Å². The Hall–Kier alpha value is -2.89. The monoisotopic (exact) mass is 376 g/mol. The van der Waals surface area contributed by atoms with Crippen molar-refractivity contribution < 1.29 is 9.32 Å². The Bertz CT molecular complexity index is 1010. The molecule has 2 unspecified atom stereocenters. The summed E-state index contributed by atoms with van der Waals surface area (Å²) in [5, 5.41) is 11.6. The predicted octanol–water partition coefficient (Wildman–Crippen LogP) is 3.98. The molecule has 6 nitrogen and oxygen atoms in total. The number of benzene rings is 1. The minimum absolute atomic E-state index is 0.0220. The first-order valence-electron chi connectivity index (χ1n) is 9.90. The molecule has 144 valence electrons. The number of aromatic nitrogens is 3. The molecule has 1 amide bonds. The molecule has 0 radical (unpaired) electrons. The van der Waals surface area contributed by atoms with Crippen molar-refractivity contribution in [3.05, 3.63) is 59.2 Å². The molecule has 28 heavy (non-hydrogen) atoms. The number of nitrogens with one attached hydrogen (secondary N) is 1. The summed E-state index contributed by atoms with van der Waals surface area (Å²) in [6.07, 6.45) is 0. The van der Waals surface area contributed by atoms with Crippen LogP contribution in [0.5, 0.6) is 0 Å². The van der Waals surface area contributed by atoms with E-state index in [4.69, 9.17) is 4.52 Å². The summed E-state index contributed by atoms with van der Waals surface area (Å²) >= 11 is 0. The van der Waals surface area contributed by atoms with Crippen molar-refractivity contribution in [3.8, 4) is 11.1 Å². The van der Waals surface area contributed by atoms with Gasteiger partial charge in [0.2, 0.25) is 0 Å². The minimum atomic E-state index is 0.0220. The summed E-state index contributed by atoms with van der Waals surface area (Å²) in [5.41, 5.74) is 4.83. The van der Waals surface area contributed by atoms with E-state index in [-0.39, 0.29) is 5.91 Å². The summed E-state index contributed by atoms with van der Waals surface area (Å²) in [7, 11) is 0. The standard InChI is InChI=1S/C22H24N4O2/c1-12(2)17-9-18(24-23-17)22(27)26-10-15-16(11-26)20(15)21-19(13(3)28-25-21)14-7-5-4-6-8-14/h4-9,12,15-16,20H,10-11H2,1-3H3,(H,23,24). The van der Waals surface area contributed by atoms with Crippen LogP contribution in [0.25, 0.3) is 11.1 Å². The van der Waals surface area contributed by atoms with Crippen LogP contribution in [0.4, 0.5) is 0 Å². The van der Waals surface area contributed by atoms with E-state index in [0.29, 0.717) is 29.4 Å². The lowest BCUT2D eigenvalue weighted by molar-refractivity contribution is 0.0766. The maximum atomic E-state index is 12.8. The number of likely N-dealkylation sites (tertiary alicyclic amines) is 1. The smallest absolute Gasteiger partial charge is 0.274 e. The molecule has 0 spiro atoms. The second-order valence-electron chi connectivity index (χ2n) is 8.29. The fraction of sp³-hybridized carbons (Fsp3) is 0.409. The Labute approximate surface area is 163 Å². The molecule has 3 aromatic rings. The van der Waals surface area contributed by atoms with Crippen LogP contribution in [0, 0.1) is 18.8 Å². The number of carbonyl (C=O) groups excluding carboxylic acids is 1. The maximum Gasteiger partial charge on any atom is 0.274 e. The van der Waals surface area contributed by atoms with Gasteiger partial charge in [0, 0.05) is 30.3 Å². The first-order valence-corrected chi connectivity index (χ1v) is 9.90. The van der Waals surface area contributed by atoms with Gasteiger partial charge in [-0.2, -0.15) is 5.10 Å². The number of piperidine rings is 1. The van der Waals surface area contributed by atoms with Gasteiger partial charge in [0.25, 0.3) is 5.91 Å². The van der Waals surface area contributed by atoms with Gasteiger partial charge in [0.05, 0.1) is 5.69 Å². The summed E-state index contributed by atoms with van der Waals surface area (Å²) in [6.45, 7) is 7.66. The fourth-order valence-corrected chi connectivity index (χ4v) is 4.57. The average molecular weight is 376 g/mol. The Morgan fingerprint density at radius 1 is 1.21 bits per heavy atom. The Kier molecular flexibility index (Phi) is 3.89. The Morgan fingerprint density at radius 2 is 1.93 bits per heavy atom. The van der Waals surface area contributed by atoms with Crippen LogP contribution >= 0.6 is 0 Å². The number of amides is 1. The zero-order valence-electron chi connectivity index (χ0n) is 16.3. The molecule has 1 saturated carbocycles. The molecule has 1 aliphatic carbocycles. The van der Waals surface area contributed by atoms with Crippen molar-refractivity contribution in [2.75, 3.05) is 13.1 Å². The summed E-state index contributed by atoms with van der Waals surface area (Å²) in [4.78, 5) is 14.7. The van der Waals surface area contributed by atoms with Gasteiger partial charge in [-0.25, -0.2) is 0 Å². The van der Waals surface area contributed by atoms with Crippen molar-refractivity contribution in [2.24, 2.45) is 11.8 Å². The second kappa shape index (κ2) is 6.33. The van der Waals surface area contributed by atoms with Gasteiger partial charge >= 0.3 is 0 Å². The van der Waals surface area contributed by atoms with Gasteiger partial charge < -0.3 is 9.42 Å². The molecule has 0 bridgehead atoms. The molecule has 2 fully saturated rings. The number of hydrogen-bond donors (Lipinski definition) is 1. The van der Waals surface area contributed by atoms with Crippen LogP contribution in [0.15, 0.2) is 40.9 Å². The van der Waals surface area contributed by atoms with Crippen molar-refractivity contribution in [2.45, 2.75) is 32.6 Å². The molecule has 5 rings (SSSR count). The zero-order chi connectivity index (χ0) is 19.4. The molecule has 1 saturated heterocycles. The lowest BCUT2D eigenvalue weighted by Gasteiger charge is -2.18. The van der Waals surface area contributed by atoms with Gasteiger partial charge in [-0.05, 0) is 36.3 Å². The molecule has 2 aromatic heterocycles. The highest BCUT2D eigenvalue weighted by Crippen LogP contribution is 2.59. The predicted molar refractivity (Wildman–Crippen MR) is 105 cm³/mol. The van der Waals surface area contributed by atoms with Crippen molar-refractivity contribution in [1.82, 2.24) is 20.3 Å². The van der Waals surface area contributed by atoms with E-state index in [0.717, 1.165) is 41.4 Å². The van der Waals surface area contributed by atoms with Gasteiger partial charge in [0.15, 0.2) is 0 Å². The topological polar surface area (TPSA) is 75.0 Å². The van der Waals surface area contributed by atoms with Crippen LogP contribution in [0.3, 0.4) is 0 Å². The molecule has 6 heteroatoms. The van der Waals surface area contributed by atoms with Gasteiger partial charge in [-0.1, -0.05) is 49.3 Å². The van der Waals surface area contributed by atoms with Crippen molar-refractivity contribution >= 4 is 5.91 Å². The fourth-order valence-electron chi connectivity index (χ4n) is 4.57. The highest BCUT2D eigenvalue weighted by atomic mass is 16.5. The SMILES string of the molecule is Cc1onc(C2C3CN(C(=O)c4cc(C(C)C)[nH]n4)CC32)c1-c1ccccc1. The quantitative estimate of drug-likeness (QED) is 0.747. The van der Waals surface area contributed by atoms with Crippen LogP contribution in [-0.4, -0.2) is 39.3 Å². The third-order valence-corrected chi connectivity index (χ3v) is 6.19. The number of aromatic amines is 1. The Balaban J connectivity index is 1.32. The molecule has 2 atom stereocenters. The number of fused-ring (bicyclic) bond motifs is 1. The number of carbonyl (C=O) groups is 1. The first kappa shape index (κ1) is 17.2. The lowest BCUT2D eigenvalue weighted by atomic mass is 10.00. The van der Waals surface area contributed by atoms with E-state index in [1.807, 2.05) is 36.1 Å². The van der Waals surface area contributed by atoms with E-state index in [9.17, 15) is 4.79 Å². The highest BCUT2D eigenvalue weighted by Gasteiger charge is 2.59. The summed E-state index contributed by atoms with van der Waals surface area (Å²) in [5.74, 6) is 2.50. The molecule has 1 N–H and O–H groups in total. The maximum absolute atomic E-state index is 12.8. The van der Waals surface area contributed by atoms with Gasteiger partial charge in [-0.15, -0.1) is 0 Å². The third kappa shape index (κ3) is 2.66. The third-order valence-electron chi connectivity index (χ3n) is 6.19. The van der Waals surface area contributed by atoms with Crippen LogP contribution in [0.1, 0.15) is 53.3 Å². The number of nitrogens with zero attached hydrogens (tertiary/aromatic N) is 3. The zero-order valence-corrected chi connectivity index (χ0v) is 16.3. The highest BCUT2D eigenvalue weighted by molar-refractivity contribution is 5.92. The van der Waals surface area contributed by atoms with Gasteiger partial charge in [0.1, 0.15) is 11.5 Å². The van der Waals surface area contributed by atoms with Crippen molar-refractivity contribution in [3.63, 3.8) is 0 Å². The Morgan fingerprint density at radius 3 is 2.57 bits per heavy atom. The number of H-pyrrole nitrogens is 1. The van der Waals surface area contributed by atoms with Crippen LogP contribution in [0.2, 0.25) is 0 Å². The summed E-state index contributed by atoms with van der Waals surface area (Å²) in [6, 6.07) is 12.2. The van der Waals surface area contributed by atoms with E-state index >= 15 is 0 Å². The largest absolute Gasteiger partial charge is 0.361 e. The first-order chi connectivity index (χ1) is 13.5. The normalized spacial score (nSPS) is 23.3. The molecule has 2 aliphatic rings. The second-order valence-corrected chi connectivity index (χ2v) is 8.29. The van der Waals surface area contributed by atoms with Crippen LogP contribution < -0.4 is 0 Å². The molecular formula is C22H24N4O2. The molecular weight excluding hydrogens is 352 g/mol. The number of rotatable bonds is 4. The molecule has 3 heterocycles. The number of aryl methyl sites for hydroxylation is 1. The number of hydrogen-bond acceptors (Lipinski definition) is 4. The van der Waals surface area contributed by atoms with Gasteiger partial charge in [-0.3, -0.25) is 9.89 Å². The summed E-state index contributed by atoms with van der Waals surface area (Å²) < 4.78 is 5.54. The molecule has 1 aromatic carbocycles.